The van der Waals surface area contributed by atoms with E-state index in [2.05, 4.69) is 25.3 Å². The molecule has 2 N–H and O–H groups in total. The van der Waals surface area contributed by atoms with Crippen molar-refractivity contribution in [3.8, 4) is 11.4 Å². The van der Waals surface area contributed by atoms with Crippen LogP contribution < -0.4 is 5.32 Å². The van der Waals surface area contributed by atoms with E-state index in [4.69, 9.17) is 11.6 Å². The Labute approximate surface area is 148 Å². The fourth-order valence-electron chi connectivity index (χ4n) is 2.51. The van der Waals surface area contributed by atoms with Gasteiger partial charge in [-0.25, -0.2) is 19.3 Å². The highest BCUT2D eigenvalue weighted by Gasteiger charge is 2.17. The summed E-state index contributed by atoms with van der Waals surface area (Å²) in [6.07, 6.45) is 5.48. The van der Waals surface area contributed by atoms with Gasteiger partial charge in [0, 0.05) is 29.8 Å². The number of pyridine rings is 1. The number of rotatable bonds is 6. The molecule has 0 aliphatic carbocycles. The zero-order valence-corrected chi connectivity index (χ0v) is 14.6. The van der Waals surface area contributed by atoms with Crippen LogP contribution in [0.4, 0.5) is 10.2 Å². The normalized spacial score (nSPS) is 12.3. The summed E-state index contributed by atoms with van der Waals surface area (Å²) in [5, 5.41) is 4.04. The molecule has 0 radical (unpaired) electrons. The zero-order chi connectivity index (χ0) is 18.0. The molecule has 0 aliphatic rings. The molecule has 0 saturated heterocycles. The fraction of sp³-hybridized carbons (Fsp3) is 0.294. The maximum absolute atomic E-state index is 14.1. The number of fused-ring (bicyclic) bond motifs is 1. The molecule has 0 fully saturated rings. The van der Waals surface area contributed by atoms with Gasteiger partial charge in [0.2, 0.25) is 0 Å². The van der Waals surface area contributed by atoms with Crippen LogP contribution in [0.2, 0.25) is 5.02 Å². The molecule has 0 saturated carbocycles. The van der Waals surface area contributed by atoms with Gasteiger partial charge in [0.25, 0.3) is 0 Å². The van der Waals surface area contributed by atoms with Crippen molar-refractivity contribution in [3.63, 3.8) is 0 Å². The first-order valence-electron chi connectivity index (χ1n) is 7.94. The number of nitrogens with zero attached hydrogens (tertiary/aromatic N) is 3. The second-order valence-electron chi connectivity index (χ2n) is 5.72. The maximum atomic E-state index is 14.1. The number of aromatic nitrogens is 4. The first-order valence-corrected chi connectivity index (χ1v) is 8.32. The number of aromatic amines is 1. The largest absolute Gasteiger partial charge is 0.358 e. The highest BCUT2D eigenvalue weighted by atomic mass is 35.5. The molecule has 3 heterocycles. The highest BCUT2D eigenvalue weighted by molar-refractivity contribution is 6.31. The molecule has 0 bridgehead atoms. The van der Waals surface area contributed by atoms with Crippen molar-refractivity contribution < 1.29 is 9.18 Å². The molecule has 0 aliphatic heterocycles. The van der Waals surface area contributed by atoms with Gasteiger partial charge in [-0.3, -0.25) is 4.79 Å². The minimum absolute atomic E-state index is 0.00476. The lowest BCUT2D eigenvalue weighted by Crippen LogP contribution is -2.27. The molecule has 0 unspecified atom stereocenters. The van der Waals surface area contributed by atoms with Gasteiger partial charge in [-0.2, -0.15) is 0 Å². The molecule has 3 aromatic heterocycles. The smallest absolute Gasteiger partial charge is 0.183 e. The summed E-state index contributed by atoms with van der Waals surface area (Å²) in [6.45, 7) is 3.61. The molecule has 6 nitrogen and oxygen atoms in total. The summed E-state index contributed by atoms with van der Waals surface area (Å²) < 4.78 is 14.1. The van der Waals surface area contributed by atoms with Crippen LogP contribution in [0.1, 0.15) is 26.7 Å². The van der Waals surface area contributed by atoms with Crippen LogP contribution >= 0.6 is 11.6 Å². The molecule has 3 rings (SSSR count). The average Bonchev–Trinajstić information content (AvgIpc) is 3.00. The minimum atomic E-state index is -0.615. The van der Waals surface area contributed by atoms with Gasteiger partial charge < -0.3 is 10.3 Å². The predicted molar refractivity (Wildman–Crippen MR) is 95.1 cm³/mol. The Bertz CT molecular complexity index is 927. The van der Waals surface area contributed by atoms with Gasteiger partial charge in [-0.15, -0.1) is 0 Å². The molecule has 25 heavy (non-hydrogen) atoms. The first-order chi connectivity index (χ1) is 12.0. The third kappa shape index (κ3) is 3.61. The quantitative estimate of drug-likeness (QED) is 0.693. The van der Waals surface area contributed by atoms with Crippen molar-refractivity contribution in [1.82, 2.24) is 19.9 Å². The number of ketones is 1. The lowest BCUT2D eigenvalue weighted by molar-refractivity contribution is -0.119. The van der Waals surface area contributed by atoms with Crippen LogP contribution in [0.5, 0.6) is 0 Å². The van der Waals surface area contributed by atoms with E-state index in [9.17, 15) is 9.18 Å². The fourth-order valence-corrected chi connectivity index (χ4v) is 2.67. The second-order valence-corrected chi connectivity index (χ2v) is 6.16. The average molecular weight is 362 g/mol. The predicted octanol–water partition coefficient (Wildman–Crippen LogP) is 3.98. The van der Waals surface area contributed by atoms with Crippen molar-refractivity contribution in [3.05, 3.63) is 35.5 Å². The molecule has 130 valence electrons. The van der Waals surface area contributed by atoms with Gasteiger partial charge in [0.05, 0.1) is 17.3 Å². The van der Waals surface area contributed by atoms with Crippen LogP contribution in [-0.2, 0) is 4.79 Å². The van der Waals surface area contributed by atoms with E-state index in [0.29, 0.717) is 28.5 Å². The van der Waals surface area contributed by atoms with Crippen LogP contribution in [0.25, 0.3) is 22.4 Å². The second kappa shape index (κ2) is 7.14. The van der Waals surface area contributed by atoms with Crippen LogP contribution in [0.15, 0.2) is 24.7 Å². The van der Waals surface area contributed by atoms with E-state index in [1.807, 2.05) is 6.92 Å². The lowest BCUT2D eigenvalue weighted by atomic mass is 10.1. The van der Waals surface area contributed by atoms with Crippen LogP contribution in [0, 0.1) is 5.82 Å². The minimum Gasteiger partial charge on any atom is -0.358 e. The summed E-state index contributed by atoms with van der Waals surface area (Å²) in [5.74, 6) is -0.304. The third-order valence-corrected chi connectivity index (χ3v) is 4.02. The number of anilines is 1. The highest BCUT2D eigenvalue weighted by Crippen LogP contribution is 2.28. The van der Waals surface area contributed by atoms with E-state index in [0.717, 1.165) is 18.0 Å². The van der Waals surface area contributed by atoms with Crippen molar-refractivity contribution in [2.24, 2.45) is 0 Å². The SMILES string of the molecule is CCCC(=O)[C@H](C)Nc1nc(-c2c[nH]c3ncc(Cl)cc23)ncc1F. The Morgan fingerprint density at radius 3 is 2.96 bits per heavy atom. The maximum Gasteiger partial charge on any atom is 0.183 e. The number of nitrogens with one attached hydrogen (secondary N) is 2. The van der Waals surface area contributed by atoms with Gasteiger partial charge in [-0.05, 0) is 19.4 Å². The molecular formula is C17H17ClFN5O. The summed E-state index contributed by atoms with van der Waals surface area (Å²) in [5.41, 5.74) is 1.29. The number of halogens is 2. The number of carbonyl (C=O) groups excluding carboxylic acids is 1. The van der Waals surface area contributed by atoms with E-state index < -0.39 is 11.9 Å². The van der Waals surface area contributed by atoms with Gasteiger partial charge >= 0.3 is 0 Å². The van der Waals surface area contributed by atoms with E-state index in [-0.39, 0.29) is 11.6 Å². The molecule has 8 heteroatoms. The number of Topliss-reactive ketones (excluding diaryl/α,β-unsaturated/α-hetero) is 1. The number of hydrogen-bond donors (Lipinski definition) is 2. The third-order valence-electron chi connectivity index (χ3n) is 3.82. The Balaban J connectivity index is 1.95. The van der Waals surface area contributed by atoms with Gasteiger partial charge in [-0.1, -0.05) is 18.5 Å². The first kappa shape index (κ1) is 17.3. The van der Waals surface area contributed by atoms with Crippen molar-refractivity contribution in [2.45, 2.75) is 32.7 Å². The topological polar surface area (TPSA) is 83.6 Å². The summed E-state index contributed by atoms with van der Waals surface area (Å²) >= 11 is 6.00. The molecule has 0 spiro atoms. The van der Waals surface area contributed by atoms with Crippen molar-refractivity contribution in [1.29, 1.82) is 0 Å². The molecular weight excluding hydrogens is 345 g/mol. The van der Waals surface area contributed by atoms with Crippen molar-refractivity contribution >= 4 is 34.2 Å². The van der Waals surface area contributed by atoms with Crippen LogP contribution in [-0.4, -0.2) is 31.8 Å². The molecule has 0 amide bonds. The van der Waals surface area contributed by atoms with Gasteiger partial charge in [0.1, 0.15) is 5.65 Å². The molecule has 3 aromatic rings. The summed E-state index contributed by atoms with van der Waals surface area (Å²) in [7, 11) is 0. The Hall–Kier alpha value is -2.54. The monoisotopic (exact) mass is 361 g/mol. The molecule has 1 atom stereocenters. The standard InChI is InChI=1S/C17H17ClFN5O/c1-3-4-14(25)9(2)23-17-13(19)8-22-16(24-17)12-7-21-15-11(12)5-10(18)6-20-15/h5-9H,3-4H2,1-2H3,(H,20,21)(H,22,23,24)/t9-/m0/s1. The Morgan fingerprint density at radius 1 is 1.40 bits per heavy atom. The zero-order valence-electron chi connectivity index (χ0n) is 13.8. The van der Waals surface area contributed by atoms with E-state index in [1.54, 1.807) is 19.2 Å². The van der Waals surface area contributed by atoms with Gasteiger partial charge in [0.15, 0.2) is 23.2 Å². The number of carbonyl (C=O) groups is 1. The summed E-state index contributed by atoms with van der Waals surface area (Å²) in [6, 6.07) is 1.21. The Kier molecular flexibility index (Phi) is 4.94. The summed E-state index contributed by atoms with van der Waals surface area (Å²) in [4.78, 5) is 27.4. The van der Waals surface area contributed by atoms with Crippen LogP contribution in [0.3, 0.4) is 0 Å². The lowest BCUT2D eigenvalue weighted by Gasteiger charge is -2.14. The van der Waals surface area contributed by atoms with E-state index in [1.165, 1.54) is 6.20 Å². The van der Waals surface area contributed by atoms with E-state index >= 15 is 0 Å². The van der Waals surface area contributed by atoms with Crippen molar-refractivity contribution in [2.75, 3.05) is 5.32 Å². The number of hydrogen-bond acceptors (Lipinski definition) is 5. The Morgan fingerprint density at radius 2 is 2.20 bits per heavy atom. The number of H-pyrrole nitrogens is 1. The molecule has 0 aromatic carbocycles.